The zero-order chi connectivity index (χ0) is 10.6. The molecule has 15 heavy (non-hydrogen) atoms. The summed E-state index contributed by atoms with van der Waals surface area (Å²) in [5, 5.41) is 9.34. The second-order valence-electron chi connectivity index (χ2n) is 5.63. The Labute approximate surface area is 88.9 Å². The van der Waals surface area contributed by atoms with E-state index in [4.69, 9.17) is 0 Å². The number of ketones is 1. The third-order valence-electron chi connectivity index (χ3n) is 4.90. The maximum absolute atomic E-state index is 11.4. The van der Waals surface area contributed by atoms with Crippen LogP contribution in [0.5, 0.6) is 0 Å². The Hall–Kier alpha value is -0.860. The van der Waals surface area contributed by atoms with Gasteiger partial charge in [-0.05, 0) is 37.0 Å². The zero-order valence-electron chi connectivity index (χ0n) is 8.74. The van der Waals surface area contributed by atoms with Crippen molar-refractivity contribution in [3.8, 4) is 0 Å². The van der Waals surface area contributed by atoms with Crippen LogP contribution in [0, 0.1) is 23.2 Å². The highest BCUT2D eigenvalue weighted by atomic mass is 16.4. The highest BCUT2D eigenvalue weighted by molar-refractivity contribution is 5.97. The predicted octanol–water partition coefficient (Wildman–Crippen LogP) is 1.86. The molecule has 3 nitrogen and oxygen atoms in total. The van der Waals surface area contributed by atoms with E-state index in [0.29, 0.717) is 24.7 Å². The summed E-state index contributed by atoms with van der Waals surface area (Å²) in [6.45, 7) is 0. The highest BCUT2D eigenvalue weighted by Crippen LogP contribution is 2.60. The SMILES string of the molecule is O=C1CC(C(=O)O)(C2CC3CCC2C3)C1. The lowest BCUT2D eigenvalue weighted by atomic mass is 9.56. The van der Waals surface area contributed by atoms with Crippen LogP contribution in [0.15, 0.2) is 0 Å². The minimum absolute atomic E-state index is 0.139. The standard InChI is InChI=1S/C12H16O3/c13-9-5-12(6-9,11(14)15)10-4-7-1-2-8(10)3-7/h7-8,10H,1-6H2,(H,14,15). The van der Waals surface area contributed by atoms with Gasteiger partial charge in [0.2, 0.25) is 0 Å². The smallest absolute Gasteiger partial charge is 0.310 e. The number of carbonyl (C=O) groups is 2. The van der Waals surface area contributed by atoms with E-state index in [1.807, 2.05) is 0 Å². The fourth-order valence-corrected chi connectivity index (χ4v) is 4.15. The van der Waals surface area contributed by atoms with Crippen molar-refractivity contribution in [1.82, 2.24) is 0 Å². The lowest BCUT2D eigenvalue weighted by Crippen LogP contribution is -2.51. The number of Topliss-reactive ketones (excluding diaryl/α,β-unsaturated/α-hetero) is 1. The van der Waals surface area contributed by atoms with E-state index in [1.54, 1.807) is 0 Å². The number of fused-ring (bicyclic) bond motifs is 2. The number of hydrogen-bond acceptors (Lipinski definition) is 2. The van der Waals surface area contributed by atoms with Crippen molar-refractivity contribution in [3.63, 3.8) is 0 Å². The number of carboxylic acids is 1. The van der Waals surface area contributed by atoms with E-state index in [-0.39, 0.29) is 5.78 Å². The fourth-order valence-electron chi connectivity index (χ4n) is 4.15. The Bertz CT molecular complexity index is 326. The highest BCUT2D eigenvalue weighted by Gasteiger charge is 2.60. The second kappa shape index (κ2) is 2.83. The van der Waals surface area contributed by atoms with Gasteiger partial charge in [0, 0.05) is 12.8 Å². The van der Waals surface area contributed by atoms with Gasteiger partial charge in [-0.3, -0.25) is 9.59 Å². The Balaban J connectivity index is 1.85. The minimum atomic E-state index is -0.723. The molecule has 82 valence electrons. The Morgan fingerprint density at radius 3 is 2.40 bits per heavy atom. The molecule has 0 heterocycles. The number of carboxylic acid groups (broad SMARTS) is 1. The maximum atomic E-state index is 11.4. The molecule has 3 heteroatoms. The van der Waals surface area contributed by atoms with Gasteiger partial charge in [-0.1, -0.05) is 6.42 Å². The van der Waals surface area contributed by atoms with E-state index in [1.165, 1.54) is 19.3 Å². The first-order valence-corrected chi connectivity index (χ1v) is 5.87. The van der Waals surface area contributed by atoms with Crippen LogP contribution in [0.3, 0.4) is 0 Å². The molecule has 3 fully saturated rings. The fraction of sp³-hybridized carbons (Fsp3) is 0.833. The number of hydrogen-bond donors (Lipinski definition) is 1. The van der Waals surface area contributed by atoms with Crippen molar-refractivity contribution >= 4 is 11.8 Å². The molecule has 3 aliphatic carbocycles. The molecule has 2 bridgehead atoms. The maximum Gasteiger partial charge on any atom is 0.310 e. The van der Waals surface area contributed by atoms with E-state index in [0.717, 1.165) is 12.3 Å². The van der Waals surface area contributed by atoms with Gasteiger partial charge in [-0.2, -0.15) is 0 Å². The molecule has 0 saturated heterocycles. The zero-order valence-corrected chi connectivity index (χ0v) is 8.74. The van der Waals surface area contributed by atoms with E-state index < -0.39 is 11.4 Å². The van der Waals surface area contributed by atoms with Gasteiger partial charge < -0.3 is 5.11 Å². The minimum Gasteiger partial charge on any atom is -0.481 e. The summed E-state index contributed by atoms with van der Waals surface area (Å²) in [7, 11) is 0. The van der Waals surface area contributed by atoms with E-state index in [2.05, 4.69) is 0 Å². The van der Waals surface area contributed by atoms with Gasteiger partial charge in [0.25, 0.3) is 0 Å². The molecule has 0 spiro atoms. The third-order valence-corrected chi connectivity index (χ3v) is 4.90. The van der Waals surface area contributed by atoms with Crippen LogP contribution in [0.4, 0.5) is 0 Å². The van der Waals surface area contributed by atoms with Crippen LogP contribution < -0.4 is 0 Å². The lowest BCUT2D eigenvalue weighted by molar-refractivity contribution is -0.168. The predicted molar refractivity (Wildman–Crippen MR) is 53.2 cm³/mol. The second-order valence-corrected chi connectivity index (χ2v) is 5.63. The number of aliphatic carboxylic acids is 1. The summed E-state index contributed by atoms with van der Waals surface area (Å²) >= 11 is 0. The van der Waals surface area contributed by atoms with Crippen LogP contribution >= 0.6 is 0 Å². The Kier molecular flexibility index (Phi) is 1.77. The van der Waals surface area contributed by atoms with Gasteiger partial charge in [0.05, 0.1) is 5.41 Å². The summed E-state index contributed by atoms with van der Waals surface area (Å²) in [5.74, 6) is 1.07. The topological polar surface area (TPSA) is 54.4 Å². The summed E-state index contributed by atoms with van der Waals surface area (Å²) in [5.41, 5.74) is -0.656. The van der Waals surface area contributed by atoms with Crippen LogP contribution in [-0.4, -0.2) is 16.9 Å². The summed E-state index contributed by atoms with van der Waals surface area (Å²) in [6.07, 6.45) is 5.36. The number of carbonyl (C=O) groups excluding carboxylic acids is 1. The van der Waals surface area contributed by atoms with Gasteiger partial charge in [-0.25, -0.2) is 0 Å². The average molecular weight is 208 g/mol. The first-order chi connectivity index (χ1) is 7.12. The van der Waals surface area contributed by atoms with Crippen molar-refractivity contribution in [2.75, 3.05) is 0 Å². The largest absolute Gasteiger partial charge is 0.481 e. The molecular formula is C12H16O3. The van der Waals surface area contributed by atoms with Crippen LogP contribution in [-0.2, 0) is 9.59 Å². The molecule has 3 aliphatic rings. The normalized spacial score (nSPS) is 41.6. The molecule has 0 amide bonds. The van der Waals surface area contributed by atoms with Gasteiger partial charge in [0.1, 0.15) is 5.78 Å². The van der Waals surface area contributed by atoms with Crippen LogP contribution in [0.1, 0.15) is 38.5 Å². The summed E-state index contributed by atoms with van der Waals surface area (Å²) < 4.78 is 0. The monoisotopic (exact) mass is 208 g/mol. The van der Waals surface area contributed by atoms with Gasteiger partial charge in [0.15, 0.2) is 0 Å². The van der Waals surface area contributed by atoms with E-state index in [9.17, 15) is 14.7 Å². The third kappa shape index (κ3) is 1.12. The Morgan fingerprint density at radius 1 is 1.27 bits per heavy atom. The summed E-state index contributed by atoms with van der Waals surface area (Å²) in [4.78, 5) is 22.5. The molecule has 0 aromatic carbocycles. The van der Waals surface area contributed by atoms with Crippen molar-refractivity contribution in [3.05, 3.63) is 0 Å². The van der Waals surface area contributed by atoms with Crippen LogP contribution in [0.25, 0.3) is 0 Å². The molecule has 3 unspecified atom stereocenters. The molecule has 1 N–H and O–H groups in total. The van der Waals surface area contributed by atoms with Crippen molar-refractivity contribution in [1.29, 1.82) is 0 Å². The first kappa shape index (κ1) is 9.37. The molecule has 0 aromatic rings. The molecule has 3 atom stereocenters. The van der Waals surface area contributed by atoms with E-state index >= 15 is 0 Å². The molecule has 3 rings (SSSR count). The molecular weight excluding hydrogens is 192 g/mol. The quantitative estimate of drug-likeness (QED) is 0.753. The molecule has 0 aromatic heterocycles. The molecule has 3 saturated carbocycles. The van der Waals surface area contributed by atoms with Crippen molar-refractivity contribution < 1.29 is 14.7 Å². The summed E-state index contributed by atoms with van der Waals surface area (Å²) in [6, 6.07) is 0. The van der Waals surface area contributed by atoms with Gasteiger partial charge >= 0.3 is 5.97 Å². The number of rotatable bonds is 2. The van der Waals surface area contributed by atoms with Gasteiger partial charge in [-0.15, -0.1) is 0 Å². The van der Waals surface area contributed by atoms with Crippen molar-refractivity contribution in [2.24, 2.45) is 23.2 Å². The Morgan fingerprint density at radius 2 is 2.00 bits per heavy atom. The van der Waals surface area contributed by atoms with Crippen LogP contribution in [0.2, 0.25) is 0 Å². The molecule has 0 aliphatic heterocycles. The van der Waals surface area contributed by atoms with Crippen molar-refractivity contribution in [2.45, 2.75) is 38.5 Å². The lowest BCUT2D eigenvalue weighted by Gasteiger charge is -2.44. The average Bonchev–Trinajstić information content (AvgIpc) is 2.72. The molecule has 0 radical (unpaired) electrons. The first-order valence-electron chi connectivity index (χ1n) is 5.87.